The zero-order valence-electron chi connectivity index (χ0n) is 38.2. The molecule has 0 bridgehead atoms. The van der Waals surface area contributed by atoms with E-state index in [2.05, 4.69) is 62.5 Å². The molecule has 0 spiro atoms. The summed E-state index contributed by atoms with van der Waals surface area (Å²) in [5, 5.41) is 47.1. The first-order chi connectivity index (χ1) is 31.6. The van der Waals surface area contributed by atoms with E-state index in [4.69, 9.17) is 22.9 Å². The fraction of sp³-hybridized carbons (Fsp3) is 0.750. The summed E-state index contributed by atoms with van der Waals surface area (Å²) in [6.45, 7) is 4.17. The zero-order valence-corrected chi connectivity index (χ0v) is 40.0. The van der Waals surface area contributed by atoms with Crippen LogP contribution in [0.4, 0.5) is 0 Å². The lowest BCUT2D eigenvalue weighted by atomic mass is 10.0. The van der Waals surface area contributed by atoms with Crippen molar-refractivity contribution >= 4 is 84.4 Å². The maximum Gasteiger partial charge on any atom is 0.327 e. The summed E-state index contributed by atoms with van der Waals surface area (Å²) < 4.78 is 0. The van der Waals surface area contributed by atoms with Crippen molar-refractivity contribution in [3.63, 3.8) is 0 Å². The summed E-state index contributed by atoms with van der Waals surface area (Å²) in [7, 11) is 0. The molecule has 1 saturated heterocycles. The summed E-state index contributed by atoms with van der Waals surface area (Å²) in [4.78, 5) is 132. The van der Waals surface area contributed by atoms with Crippen molar-refractivity contribution < 1.29 is 63.3 Å². The SMILES string of the molecule is CC(C)C[C@H](NC(=O)[C@@H](NC(=O)[C@@H]1CCCN1C(=O)[C@H](CO)NC(=O)[C@H](CC(N)=O)NC(=O)[C@H](CCCCN)NC(=O)[C@H](CCCCN)NC(=O)[C@@H](N)CS)[C@@H](C)O)C(=O)N[C@@H](CS)C(=O)O. The molecule has 67 heavy (non-hydrogen) atoms. The van der Waals surface area contributed by atoms with Gasteiger partial charge in [0.1, 0.15) is 48.3 Å². The van der Waals surface area contributed by atoms with Gasteiger partial charge in [-0.3, -0.25) is 43.2 Å². The number of unbranched alkanes of at least 4 members (excludes halogenated alkanes) is 2. The van der Waals surface area contributed by atoms with E-state index in [1.165, 1.54) is 6.92 Å². The Labute approximate surface area is 400 Å². The van der Waals surface area contributed by atoms with E-state index >= 15 is 0 Å². The zero-order chi connectivity index (χ0) is 51.0. The highest BCUT2D eigenvalue weighted by Gasteiger charge is 2.41. The molecule has 0 unspecified atom stereocenters. The molecule has 10 atom stereocenters. The van der Waals surface area contributed by atoms with E-state index in [-0.39, 0.29) is 62.6 Å². The monoisotopic (exact) mass is 992 g/mol. The quantitative estimate of drug-likeness (QED) is 0.0221. The van der Waals surface area contributed by atoms with Crippen LogP contribution >= 0.6 is 25.3 Å². The fourth-order valence-electron chi connectivity index (χ4n) is 6.88. The third kappa shape index (κ3) is 20.9. The highest BCUT2D eigenvalue weighted by atomic mass is 32.1. The van der Waals surface area contributed by atoms with Gasteiger partial charge in [0.05, 0.1) is 25.2 Å². The van der Waals surface area contributed by atoms with Gasteiger partial charge in [0.25, 0.3) is 0 Å². The molecule has 0 saturated carbocycles. The molecule has 382 valence electrons. The lowest BCUT2D eigenvalue weighted by molar-refractivity contribution is -0.144. The van der Waals surface area contributed by atoms with Gasteiger partial charge in [0, 0.05) is 18.1 Å². The molecule has 0 radical (unpaired) electrons. The minimum absolute atomic E-state index is 0.00449. The van der Waals surface area contributed by atoms with Crippen LogP contribution < -0.4 is 60.2 Å². The fourth-order valence-corrected chi connectivity index (χ4v) is 7.29. The van der Waals surface area contributed by atoms with Crippen LogP contribution in [0.1, 0.15) is 85.0 Å². The summed E-state index contributed by atoms with van der Waals surface area (Å²) >= 11 is 7.95. The molecule has 1 rings (SSSR count). The molecule has 0 aromatic heterocycles. The maximum absolute atomic E-state index is 13.9. The number of primary amides is 1. The minimum atomic E-state index is -1.74. The first-order valence-electron chi connectivity index (χ1n) is 22.2. The first kappa shape index (κ1) is 60.2. The van der Waals surface area contributed by atoms with Crippen LogP contribution in [-0.4, -0.2) is 178 Å². The lowest BCUT2D eigenvalue weighted by Gasteiger charge is -2.31. The van der Waals surface area contributed by atoms with Gasteiger partial charge < -0.3 is 80.4 Å². The predicted molar refractivity (Wildman–Crippen MR) is 249 cm³/mol. The van der Waals surface area contributed by atoms with Crippen LogP contribution in [0.15, 0.2) is 0 Å². The standard InChI is InChI=1S/C40H72N12O13S2/c1-20(2)15-25(35(59)50-28(19-67)40(64)65)48-38(62)31(21(3)54)51-37(61)29-11-8-14-52(29)39(63)27(17-53)49-36(60)26(16-30(44)55)47-34(58)24(10-5-7-13-42)46-33(57)23(9-4-6-12-41)45-32(56)22(43)18-66/h20-29,31,53-54,66-67H,4-19,41-43H2,1-3H3,(H2,44,55)(H,45,56)(H,46,57)(H,47,58)(H,48,62)(H,49,60)(H,50,59)(H,51,61)(H,64,65)/t21-,22+,23+,24+,25+,26+,27+,28+,29+,31+/m1/s1. The number of aliphatic hydroxyl groups is 2. The van der Waals surface area contributed by atoms with E-state index in [1.807, 2.05) is 0 Å². The van der Waals surface area contributed by atoms with Crippen molar-refractivity contribution in [3.8, 4) is 0 Å². The number of nitrogens with one attached hydrogen (secondary N) is 7. The molecule has 0 aliphatic carbocycles. The third-order valence-electron chi connectivity index (χ3n) is 10.6. The number of nitrogens with two attached hydrogens (primary N) is 4. The second-order valence-electron chi connectivity index (χ2n) is 16.6. The molecule has 1 fully saturated rings. The van der Waals surface area contributed by atoms with Crippen molar-refractivity contribution in [2.75, 3.05) is 37.7 Å². The molecule has 9 amide bonds. The van der Waals surface area contributed by atoms with Crippen molar-refractivity contribution in [1.29, 1.82) is 0 Å². The Balaban J connectivity index is 3.28. The van der Waals surface area contributed by atoms with Crippen molar-refractivity contribution in [2.45, 2.75) is 145 Å². The number of aliphatic hydroxyl groups excluding tert-OH is 2. The lowest BCUT2D eigenvalue weighted by Crippen LogP contribution is -2.62. The van der Waals surface area contributed by atoms with Gasteiger partial charge in [-0.25, -0.2) is 4.79 Å². The average molecular weight is 993 g/mol. The molecule has 1 aliphatic rings. The molecule has 1 heterocycles. The van der Waals surface area contributed by atoms with Crippen molar-refractivity contribution in [1.82, 2.24) is 42.1 Å². The molecule has 0 aromatic carbocycles. The predicted octanol–water partition coefficient (Wildman–Crippen LogP) is -5.80. The number of aliphatic carboxylic acids is 1. The van der Waals surface area contributed by atoms with E-state index in [0.717, 1.165) is 4.90 Å². The van der Waals surface area contributed by atoms with E-state index in [9.17, 15) is 63.3 Å². The number of likely N-dealkylation sites (tertiary alicyclic amines) is 1. The summed E-state index contributed by atoms with van der Waals surface area (Å²) in [6, 6.07) is -12.6. The van der Waals surface area contributed by atoms with E-state index < -0.39 is 133 Å². The number of rotatable bonds is 32. The summed E-state index contributed by atoms with van der Waals surface area (Å²) in [5.74, 6) is -10.1. The second kappa shape index (κ2) is 31.3. The molecule has 1 aliphatic heterocycles. The van der Waals surface area contributed by atoms with Gasteiger partial charge in [0.2, 0.25) is 53.2 Å². The molecule has 25 nitrogen and oxygen atoms in total. The number of thiol groups is 2. The minimum Gasteiger partial charge on any atom is -0.480 e. The van der Waals surface area contributed by atoms with Crippen LogP contribution in [0.5, 0.6) is 0 Å². The number of hydrogen-bond acceptors (Lipinski definition) is 17. The van der Waals surface area contributed by atoms with Gasteiger partial charge in [-0.15, -0.1) is 0 Å². The first-order valence-corrected chi connectivity index (χ1v) is 23.4. The summed E-state index contributed by atoms with van der Waals surface area (Å²) in [5.41, 5.74) is 22.4. The maximum atomic E-state index is 13.9. The average Bonchev–Trinajstić information content (AvgIpc) is 3.77. The normalized spacial score (nSPS) is 17.5. The Morgan fingerprint density at radius 3 is 1.60 bits per heavy atom. The van der Waals surface area contributed by atoms with Crippen molar-refractivity contribution in [3.05, 3.63) is 0 Å². The Morgan fingerprint density at radius 2 is 1.13 bits per heavy atom. The molecule has 18 N–H and O–H groups in total. The number of nitrogens with zero attached hydrogens (tertiary/aromatic N) is 1. The van der Waals surface area contributed by atoms with E-state index in [1.54, 1.807) is 13.8 Å². The van der Waals surface area contributed by atoms with Gasteiger partial charge >= 0.3 is 5.97 Å². The number of carbonyl (C=O) groups excluding carboxylic acids is 9. The molecule has 27 heteroatoms. The van der Waals surface area contributed by atoms with Crippen molar-refractivity contribution in [2.24, 2.45) is 28.9 Å². The number of carbonyl (C=O) groups is 10. The Morgan fingerprint density at radius 1 is 0.657 bits per heavy atom. The number of carboxylic acids is 1. The van der Waals surface area contributed by atoms with Crippen LogP contribution in [-0.2, 0) is 47.9 Å². The third-order valence-corrected chi connectivity index (χ3v) is 11.3. The van der Waals surface area contributed by atoms with Gasteiger partial charge in [-0.2, -0.15) is 25.3 Å². The molecular formula is C40H72N12O13S2. The topological polar surface area (TPSA) is 423 Å². The molecule has 0 aromatic rings. The number of hydrogen-bond donors (Lipinski definition) is 16. The van der Waals surface area contributed by atoms with Gasteiger partial charge in [0.15, 0.2) is 0 Å². The van der Waals surface area contributed by atoms with Gasteiger partial charge in [-0.1, -0.05) is 13.8 Å². The highest BCUT2D eigenvalue weighted by Crippen LogP contribution is 2.20. The highest BCUT2D eigenvalue weighted by molar-refractivity contribution is 7.80. The van der Waals surface area contributed by atoms with E-state index in [0.29, 0.717) is 32.2 Å². The van der Waals surface area contributed by atoms with Crippen LogP contribution in [0.2, 0.25) is 0 Å². The Kier molecular flexibility index (Phi) is 28.1. The Hall–Kier alpha value is -4.80. The smallest absolute Gasteiger partial charge is 0.327 e. The summed E-state index contributed by atoms with van der Waals surface area (Å²) in [6.07, 6.45) is -0.120. The molecular weight excluding hydrogens is 921 g/mol. The van der Waals surface area contributed by atoms with Crippen LogP contribution in [0.25, 0.3) is 0 Å². The van der Waals surface area contributed by atoms with Crippen LogP contribution in [0.3, 0.4) is 0 Å². The number of carboxylic acid groups (broad SMARTS) is 1. The van der Waals surface area contributed by atoms with Gasteiger partial charge in [-0.05, 0) is 83.7 Å². The number of amides is 9. The van der Waals surface area contributed by atoms with Crippen LogP contribution in [0, 0.1) is 5.92 Å². The largest absolute Gasteiger partial charge is 0.480 e. The second-order valence-corrected chi connectivity index (χ2v) is 17.4. The Bertz CT molecular complexity index is 1700.